The molecule has 0 unspecified atom stereocenters. The predicted octanol–water partition coefficient (Wildman–Crippen LogP) is 0.668. The van der Waals surface area contributed by atoms with Crippen LogP contribution >= 0.6 is 0 Å². The minimum Gasteiger partial charge on any atom is -0.465 e. The molecule has 0 aliphatic carbocycles. The third kappa shape index (κ3) is 3.64. The van der Waals surface area contributed by atoms with E-state index in [0.29, 0.717) is 24.3 Å². The van der Waals surface area contributed by atoms with Crippen molar-refractivity contribution in [2.24, 2.45) is 0 Å². The Morgan fingerprint density at radius 3 is 2.42 bits per heavy atom. The molecule has 1 atom stereocenters. The Balaban J connectivity index is 1.29. The number of imidazole rings is 1. The Kier molecular flexibility index (Phi) is 5.33. The average molecular weight is 449 g/mol. The largest absolute Gasteiger partial charge is 0.465 e. The Hall–Kier alpha value is -3.72. The molecule has 0 bridgehead atoms. The fourth-order valence-corrected chi connectivity index (χ4v) is 5.10. The first kappa shape index (κ1) is 21.1. The molecule has 33 heavy (non-hydrogen) atoms. The van der Waals surface area contributed by atoms with Crippen LogP contribution in [-0.4, -0.2) is 53.6 Å². The molecule has 3 heterocycles. The number of piperidine rings is 1. The van der Waals surface area contributed by atoms with E-state index < -0.39 is 12.0 Å². The second-order valence-electron chi connectivity index (χ2n) is 8.57. The molecule has 2 amide bonds. The van der Waals surface area contributed by atoms with Crippen LogP contribution in [0.5, 0.6) is 0 Å². The van der Waals surface area contributed by atoms with Gasteiger partial charge in [-0.15, -0.1) is 0 Å². The second kappa shape index (κ2) is 8.32. The van der Waals surface area contributed by atoms with Gasteiger partial charge in [-0.2, -0.15) is 0 Å². The number of esters is 1. The number of hydrogen-bond donors (Lipinski definition) is 2. The number of imide groups is 1. The average Bonchev–Trinajstić information content (AvgIpc) is 3.33. The summed E-state index contributed by atoms with van der Waals surface area (Å²) in [7, 11) is 1.30. The predicted molar refractivity (Wildman–Crippen MR) is 120 cm³/mol. The van der Waals surface area contributed by atoms with E-state index in [0.717, 1.165) is 28.8 Å². The third-order valence-electron chi connectivity index (χ3n) is 6.77. The van der Waals surface area contributed by atoms with Gasteiger partial charge in [0.2, 0.25) is 5.91 Å². The van der Waals surface area contributed by atoms with Crippen molar-refractivity contribution in [3.8, 4) is 0 Å². The lowest BCUT2D eigenvalue weighted by Crippen LogP contribution is -3.17. The summed E-state index contributed by atoms with van der Waals surface area (Å²) in [6.07, 6.45) is 1.66. The zero-order chi connectivity index (χ0) is 23.1. The number of carbonyl (C=O) groups is 3. The highest BCUT2D eigenvalue weighted by Crippen LogP contribution is 2.25. The maximum absolute atomic E-state index is 13.2. The van der Waals surface area contributed by atoms with E-state index in [-0.39, 0.29) is 30.0 Å². The van der Waals surface area contributed by atoms with Crippen LogP contribution in [0.1, 0.15) is 35.7 Å². The van der Waals surface area contributed by atoms with Crippen LogP contribution in [0.4, 0.5) is 5.69 Å². The maximum Gasteiger partial charge on any atom is 0.337 e. The fraction of sp³-hybridized carbons (Fsp3) is 0.333. The molecule has 2 N–H and O–H groups in total. The van der Waals surface area contributed by atoms with Gasteiger partial charge in [0.15, 0.2) is 6.04 Å². The van der Waals surface area contributed by atoms with Crippen molar-refractivity contribution in [3.05, 3.63) is 64.6 Å². The molecule has 5 rings (SSSR count). The van der Waals surface area contributed by atoms with Crippen LogP contribution in [-0.2, 0) is 14.3 Å². The van der Waals surface area contributed by atoms with Crippen molar-refractivity contribution in [1.29, 1.82) is 0 Å². The summed E-state index contributed by atoms with van der Waals surface area (Å²) in [5.41, 5.74) is 2.42. The van der Waals surface area contributed by atoms with Crippen LogP contribution in [0.3, 0.4) is 0 Å². The second-order valence-corrected chi connectivity index (χ2v) is 8.57. The van der Waals surface area contributed by atoms with Crippen molar-refractivity contribution in [2.75, 3.05) is 25.1 Å². The molecule has 2 aromatic carbocycles. The highest BCUT2D eigenvalue weighted by Gasteiger charge is 2.46. The summed E-state index contributed by atoms with van der Waals surface area (Å²) in [4.78, 5) is 55.2. The van der Waals surface area contributed by atoms with Gasteiger partial charge in [0.25, 0.3) is 5.91 Å². The minimum absolute atomic E-state index is 0.0616. The Morgan fingerprint density at radius 1 is 1.03 bits per heavy atom. The van der Waals surface area contributed by atoms with Crippen LogP contribution < -0.4 is 15.5 Å². The lowest BCUT2D eigenvalue weighted by atomic mass is 10.0. The number of nitrogens with one attached hydrogen (secondary N) is 2. The van der Waals surface area contributed by atoms with Gasteiger partial charge < -0.3 is 14.6 Å². The number of quaternary nitrogens is 1. The number of anilines is 1. The van der Waals surface area contributed by atoms with Crippen molar-refractivity contribution in [1.82, 2.24) is 9.55 Å². The van der Waals surface area contributed by atoms with Crippen LogP contribution in [0.25, 0.3) is 11.0 Å². The van der Waals surface area contributed by atoms with Crippen LogP contribution in [0.15, 0.2) is 53.3 Å². The summed E-state index contributed by atoms with van der Waals surface area (Å²) < 4.78 is 6.52. The van der Waals surface area contributed by atoms with E-state index >= 15 is 0 Å². The monoisotopic (exact) mass is 449 g/mol. The lowest BCUT2D eigenvalue weighted by molar-refractivity contribution is -0.920. The summed E-state index contributed by atoms with van der Waals surface area (Å²) in [5, 5.41) is 0. The Bertz CT molecular complexity index is 1280. The highest BCUT2D eigenvalue weighted by atomic mass is 16.5. The molecular formula is C24H25N4O5+. The number of para-hydroxylation sites is 2. The lowest BCUT2D eigenvalue weighted by Gasteiger charge is -2.32. The minimum atomic E-state index is -0.472. The van der Waals surface area contributed by atoms with Gasteiger partial charge in [-0.1, -0.05) is 12.1 Å². The number of amides is 2. The molecule has 2 saturated heterocycles. The van der Waals surface area contributed by atoms with Gasteiger partial charge in [0, 0.05) is 18.9 Å². The summed E-state index contributed by atoms with van der Waals surface area (Å²) in [6.45, 7) is 1.41. The van der Waals surface area contributed by atoms with Crippen molar-refractivity contribution in [2.45, 2.75) is 31.3 Å². The molecule has 0 spiro atoms. The van der Waals surface area contributed by atoms with Crippen LogP contribution in [0.2, 0.25) is 0 Å². The number of fused-ring (bicyclic) bond motifs is 1. The zero-order valence-electron chi connectivity index (χ0n) is 18.2. The summed E-state index contributed by atoms with van der Waals surface area (Å²) in [5.74, 6) is -0.929. The SMILES string of the molecule is COC(=O)c1ccc(N2C(=O)C[C@@H]([NH+]3CCC(n4c(=O)[nH]c5ccccc54)CC3)C2=O)cc1. The van der Waals surface area contributed by atoms with Crippen LogP contribution in [0, 0.1) is 0 Å². The van der Waals surface area contributed by atoms with Crippen molar-refractivity contribution < 1.29 is 24.0 Å². The number of hydrogen-bond acceptors (Lipinski definition) is 5. The maximum atomic E-state index is 13.2. The molecule has 0 saturated carbocycles. The first-order chi connectivity index (χ1) is 16.0. The number of methoxy groups -OCH3 is 1. The smallest absolute Gasteiger partial charge is 0.337 e. The molecular weight excluding hydrogens is 424 g/mol. The number of H-pyrrole nitrogens is 1. The van der Waals surface area contributed by atoms with Crippen molar-refractivity contribution in [3.63, 3.8) is 0 Å². The molecule has 170 valence electrons. The number of rotatable bonds is 4. The number of carbonyl (C=O) groups excluding carboxylic acids is 3. The zero-order valence-corrected chi connectivity index (χ0v) is 18.2. The standard InChI is InChI=1S/C24H24N4O5/c1-33-23(31)15-6-8-16(9-7-15)28-21(29)14-20(22(28)30)26-12-10-17(11-13-26)27-19-5-3-2-4-18(19)25-24(27)32/h2-9,17,20H,10-14H2,1H3,(H,25,32)/p+1/t20-/m1/s1. The van der Waals surface area contributed by atoms with Gasteiger partial charge >= 0.3 is 11.7 Å². The van der Waals surface area contributed by atoms with E-state index in [4.69, 9.17) is 4.74 Å². The van der Waals surface area contributed by atoms with E-state index in [1.807, 2.05) is 28.8 Å². The number of aromatic nitrogens is 2. The number of ether oxygens (including phenoxy) is 1. The topological polar surface area (TPSA) is 106 Å². The highest BCUT2D eigenvalue weighted by molar-refractivity contribution is 6.22. The first-order valence-electron chi connectivity index (χ1n) is 11.1. The van der Waals surface area contributed by atoms with Gasteiger partial charge in [0.1, 0.15) is 0 Å². The Labute approximate surface area is 189 Å². The number of benzene rings is 2. The third-order valence-corrected chi connectivity index (χ3v) is 6.77. The molecule has 2 aliphatic rings. The summed E-state index contributed by atoms with van der Waals surface area (Å²) in [6, 6.07) is 13.6. The van der Waals surface area contributed by atoms with E-state index in [1.54, 1.807) is 24.3 Å². The van der Waals surface area contributed by atoms with E-state index in [2.05, 4.69) is 4.98 Å². The summed E-state index contributed by atoms with van der Waals surface area (Å²) >= 11 is 0. The molecule has 3 aromatic rings. The molecule has 1 aromatic heterocycles. The van der Waals surface area contributed by atoms with Gasteiger partial charge in [0.05, 0.1) is 48.9 Å². The molecule has 0 radical (unpaired) electrons. The Morgan fingerprint density at radius 2 is 1.73 bits per heavy atom. The molecule has 9 heteroatoms. The number of aromatic amines is 1. The van der Waals surface area contributed by atoms with Gasteiger partial charge in [-0.3, -0.25) is 14.2 Å². The molecule has 2 fully saturated rings. The number of likely N-dealkylation sites (tertiary alicyclic amines) is 1. The van der Waals surface area contributed by atoms with E-state index in [9.17, 15) is 19.2 Å². The molecule has 2 aliphatic heterocycles. The fourth-order valence-electron chi connectivity index (χ4n) is 5.10. The number of nitrogens with zero attached hydrogens (tertiary/aromatic N) is 2. The normalized spacial score (nSPS) is 23.3. The van der Waals surface area contributed by atoms with Crippen molar-refractivity contribution >= 4 is 34.5 Å². The van der Waals surface area contributed by atoms with Gasteiger partial charge in [-0.05, 0) is 36.4 Å². The van der Waals surface area contributed by atoms with Gasteiger partial charge in [-0.25, -0.2) is 14.5 Å². The quantitative estimate of drug-likeness (QED) is 0.450. The first-order valence-corrected chi connectivity index (χ1v) is 11.1. The van der Waals surface area contributed by atoms with E-state index in [1.165, 1.54) is 12.0 Å². The molecule has 9 nitrogen and oxygen atoms in total.